The van der Waals surface area contributed by atoms with Gasteiger partial charge in [-0.25, -0.2) is 9.18 Å². The van der Waals surface area contributed by atoms with Crippen LogP contribution in [-0.4, -0.2) is 27.1 Å². The van der Waals surface area contributed by atoms with Gasteiger partial charge in [-0.1, -0.05) is 12.1 Å². The van der Waals surface area contributed by atoms with Gasteiger partial charge in [0, 0.05) is 5.39 Å². The number of H-pyrrole nitrogens is 1. The van der Waals surface area contributed by atoms with Crippen molar-refractivity contribution in [1.82, 2.24) is 4.98 Å². The second-order valence-electron chi connectivity index (χ2n) is 5.77. The Morgan fingerprint density at radius 2 is 1.82 bits per heavy atom. The number of aromatic carboxylic acids is 1. The van der Waals surface area contributed by atoms with E-state index in [0.29, 0.717) is 36.6 Å². The SMILES string of the molecule is O=C(O)c1[nH]c2c(F)cccc2c1C1CCC(C(=O)O)CC1. The van der Waals surface area contributed by atoms with Crippen molar-refractivity contribution >= 4 is 22.8 Å². The van der Waals surface area contributed by atoms with E-state index >= 15 is 0 Å². The van der Waals surface area contributed by atoms with Crippen LogP contribution in [0.15, 0.2) is 18.2 Å². The molecule has 1 saturated carbocycles. The third kappa shape index (κ3) is 2.34. The van der Waals surface area contributed by atoms with Crippen LogP contribution in [0.3, 0.4) is 0 Å². The maximum absolute atomic E-state index is 13.9. The Balaban J connectivity index is 2.03. The monoisotopic (exact) mass is 305 g/mol. The maximum atomic E-state index is 13.9. The van der Waals surface area contributed by atoms with Crippen LogP contribution in [-0.2, 0) is 4.79 Å². The van der Waals surface area contributed by atoms with E-state index in [1.165, 1.54) is 6.07 Å². The molecular formula is C16H16FNO4. The standard InChI is InChI=1S/C16H16FNO4/c17-11-3-1-2-10-12(14(16(21)22)18-13(10)11)8-4-6-9(7-5-8)15(19)20/h1-3,8-9,18H,4-7H2,(H,19,20)(H,21,22). The number of carbonyl (C=O) groups is 2. The van der Waals surface area contributed by atoms with E-state index in [4.69, 9.17) is 5.11 Å². The molecule has 0 spiro atoms. The van der Waals surface area contributed by atoms with Crippen molar-refractivity contribution in [3.05, 3.63) is 35.3 Å². The minimum Gasteiger partial charge on any atom is -0.481 e. The van der Waals surface area contributed by atoms with Crippen LogP contribution in [0.1, 0.15) is 47.7 Å². The number of aromatic amines is 1. The zero-order chi connectivity index (χ0) is 15.9. The minimum atomic E-state index is -1.12. The Bertz CT molecular complexity index is 744. The molecule has 3 N–H and O–H groups in total. The highest BCUT2D eigenvalue weighted by Crippen LogP contribution is 2.41. The molecule has 1 aromatic heterocycles. The van der Waals surface area contributed by atoms with Gasteiger partial charge < -0.3 is 15.2 Å². The summed E-state index contributed by atoms with van der Waals surface area (Å²) in [5, 5.41) is 19.0. The smallest absolute Gasteiger partial charge is 0.352 e. The topological polar surface area (TPSA) is 90.4 Å². The first kappa shape index (κ1) is 14.6. The average molecular weight is 305 g/mol. The molecule has 5 nitrogen and oxygen atoms in total. The third-order valence-corrected chi connectivity index (χ3v) is 4.52. The summed E-state index contributed by atoms with van der Waals surface area (Å²) >= 11 is 0. The van der Waals surface area contributed by atoms with Gasteiger partial charge in [0.05, 0.1) is 11.4 Å². The number of aromatic nitrogens is 1. The van der Waals surface area contributed by atoms with Gasteiger partial charge in [-0.2, -0.15) is 0 Å². The molecule has 0 amide bonds. The molecule has 1 aliphatic carbocycles. The summed E-state index contributed by atoms with van der Waals surface area (Å²) in [4.78, 5) is 25.2. The zero-order valence-electron chi connectivity index (χ0n) is 11.8. The van der Waals surface area contributed by atoms with Gasteiger partial charge in [-0.15, -0.1) is 0 Å². The number of hydrogen-bond acceptors (Lipinski definition) is 2. The van der Waals surface area contributed by atoms with E-state index in [1.807, 2.05) is 0 Å². The van der Waals surface area contributed by atoms with E-state index in [0.717, 1.165) is 0 Å². The Morgan fingerprint density at radius 1 is 1.14 bits per heavy atom. The molecule has 0 unspecified atom stereocenters. The van der Waals surface area contributed by atoms with Crippen LogP contribution < -0.4 is 0 Å². The maximum Gasteiger partial charge on any atom is 0.352 e. The van der Waals surface area contributed by atoms with E-state index in [9.17, 15) is 19.1 Å². The molecule has 0 saturated heterocycles. The summed E-state index contributed by atoms with van der Waals surface area (Å²) in [5.74, 6) is -2.83. The Morgan fingerprint density at radius 3 is 2.41 bits per heavy atom. The molecule has 22 heavy (non-hydrogen) atoms. The molecule has 2 aromatic rings. The summed E-state index contributed by atoms with van der Waals surface area (Å²) in [6, 6.07) is 4.55. The van der Waals surface area contributed by atoms with E-state index in [1.54, 1.807) is 12.1 Å². The molecule has 1 aliphatic rings. The van der Waals surface area contributed by atoms with Crippen molar-refractivity contribution in [2.45, 2.75) is 31.6 Å². The van der Waals surface area contributed by atoms with Crippen molar-refractivity contribution in [1.29, 1.82) is 0 Å². The Hall–Kier alpha value is -2.37. The van der Waals surface area contributed by atoms with Crippen LogP contribution >= 0.6 is 0 Å². The van der Waals surface area contributed by atoms with E-state index < -0.39 is 17.8 Å². The summed E-state index contributed by atoms with van der Waals surface area (Å²) in [6.07, 6.45) is 2.23. The van der Waals surface area contributed by atoms with Crippen molar-refractivity contribution in [2.75, 3.05) is 0 Å². The Kier molecular flexibility index (Phi) is 3.60. The van der Waals surface area contributed by atoms with Crippen LogP contribution in [0.2, 0.25) is 0 Å². The van der Waals surface area contributed by atoms with Gasteiger partial charge in [0.25, 0.3) is 0 Å². The van der Waals surface area contributed by atoms with Gasteiger partial charge in [0.1, 0.15) is 11.5 Å². The first-order valence-corrected chi connectivity index (χ1v) is 7.25. The molecule has 1 aromatic carbocycles. The lowest BCUT2D eigenvalue weighted by Gasteiger charge is -2.26. The lowest BCUT2D eigenvalue weighted by atomic mass is 9.78. The van der Waals surface area contributed by atoms with Crippen LogP contribution in [0.25, 0.3) is 10.9 Å². The van der Waals surface area contributed by atoms with Crippen molar-refractivity contribution in [2.24, 2.45) is 5.92 Å². The van der Waals surface area contributed by atoms with Crippen molar-refractivity contribution in [3.63, 3.8) is 0 Å². The fourth-order valence-electron chi connectivity index (χ4n) is 3.42. The number of aliphatic carboxylic acids is 1. The highest BCUT2D eigenvalue weighted by Gasteiger charge is 2.31. The molecule has 0 atom stereocenters. The van der Waals surface area contributed by atoms with Gasteiger partial charge in [-0.3, -0.25) is 4.79 Å². The fraction of sp³-hybridized carbons (Fsp3) is 0.375. The van der Waals surface area contributed by atoms with Gasteiger partial charge in [0.2, 0.25) is 0 Å². The third-order valence-electron chi connectivity index (χ3n) is 4.52. The number of para-hydroxylation sites is 1. The highest BCUT2D eigenvalue weighted by atomic mass is 19.1. The largest absolute Gasteiger partial charge is 0.481 e. The van der Waals surface area contributed by atoms with Crippen LogP contribution in [0.5, 0.6) is 0 Å². The number of hydrogen-bond donors (Lipinski definition) is 3. The number of carboxylic acids is 2. The summed E-state index contributed by atoms with van der Waals surface area (Å²) in [5.41, 5.74) is 0.819. The highest BCUT2D eigenvalue weighted by molar-refractivity contribution is 5.98. The molecule has 0 radical (unpaired) electrons. The summed E-state index contributed by atoms with van der Waals surface area (Å²) < 4.78 is 13.9. The fourth-order valence-corrected chi connectivity index (χ4v) is 3.42. The summed E-state index contributed by atoms with van der Waals surface area (Å²) in [6.45, 7) is 0. The van der Waals surface area contributed by atoms with Gasteiger partial charge >= 0.3 is 11.9 Å². The second kappa shape index (κ2) is 5.44. The number of nitrogens with one attached hydrogen (secondary N) is 1. The molecule has 0 aliphatic heterocycles. The molecule has 1 heterocycles. The second-order valence-corrected chi connectivity index (χ2v) is 5.77. The zero-order valence-corrected chi connectivity index (χ0v) is 11.8. The van der Waals surface area contributed by atoms with E-state index in [-0.39, 0.29) is 23.0 Å². The number of carboxylic acid groups (broad SMARTS) is 2. The summed E-state index contributed by atoms with van der Waals surface area (Å²) in [7, 11) is 0. The predicted octanol–water partition coefficient (Wildman–Crippen LogP) is 3.36. The number of fused-ring (bicyclic) bond motifs is 1. The average Bonchev–Trinajstić information content (AvgIpc) is 2.88. The van der Waals surface area contributed by atoms with Crippen LogP contribution in [0, 0.1) is 11.7 Å². The molecule has 116 valence electrons. The molecular weight excluding hydrogens is 289 g/mol. The molecule has 0 bridgehead atoms. The lowest BCUT2D eigenvalue weighted by molar-refractivity contribution is -0.142. The van der Waals surface area contributed by atoms with Gasteiger partial charge in [-0.05, 0) is 43.2 Å². The molecule has 1 fully saturated rings. The number of benzene rings is 1. The quantitative estimate of drug-likeness (QED) is 0.811. The normalized spacial score (nSPS) is 21.9. The van der Waals surface area contributed by atoms with Gasteiger partial charge in [0.15, 0.2) is 0 Å². The van der Waals surface area contributed by atoms with Crippen LogP contribution in [0.4, 0.5) is 4.39 Å². The lowest BCUT2D eigenvalue weighted by Crippen LogP contribution is -2.21. The first-order chi connectivity index (χ1) is 10.5. The van der Waals surface area contributed by atoms with E-state index in [2.05, 4.69) is 4.98 Å². The van der Waals surface area contributed by atoms with Crippen molar-refractivity contribution in [3.8, 4) is 0 Å². The first-order valence-electron chi connectivity index (χ1n) is 7.25. The number of rotatable bonds is 3. The van der Waals surface area contributed by atoms with Crippen molar-refractivity contribution < 1.29 is 24.2 Å². The molecule has 6 heteroatoms. The minimum absolute atomic E-state index is 0.0128. The predicted molar refractivity (Wildman–Crippen MR) is 77.6 cm³/mol. The Labute approximate surface area is 125 Å². The molecule has 3 rings (SSSR count). The number of halogens is 1.